The number of hydrogen-bond acceptors (Lipinski definition) is 5. The number of ether oxygens (including phenoxy) is 3. The molecule has 25 heavy (non-hydrogen) atoms. The summed E-state index contributed by atoms with van der Waals surface area (Å²) in [5.74, 6) is 1.46. The van der Waals surface area contributed by atoms with Gasteiger partial charge in [-0.2, -0.15) is 5.10 Å². The van der Waals surface area contributed by atoms with E-state index in [2.05, 4.69) is 15.8 Å². The van der Waals surface area contributed by atoms with Crippen LogP contribution in [0, 0.1) is 0 Å². The zero-order valence-electron chi connectivity index (χ0n) is 14.0. The van der Waals surface area contributed by atoms with Gasteiger partial charge in [-0.3, -0.25) is 0 Å². The highest BCUT2D eigenvalue weighted by Crippen LogP contribution is 2.37. The van der Waals surface area contributed by atoms with Crippen molar-refractivity contribution < 1.29 is 19.0 Å². The summed E-state index contributed by atoms with van der Waals surface area (Å²) in [6.45, 7) is 0. The summed E-state index contributed by atoms with van der Waals surface area (Å²) in [6.07, 6.45) is 1.46. The lowest BCUT2D eigenvalue weighted by Crippen LogP contribution is -2.24. The van der Waals surface area contributed by atoms with Crippen LogP contribution in [-0.2, 0) is 0 Å². The second-order valence-corrected chi connectivity index (χ2v) is 5.23. The van der Waals surface area contributed by atoms with Gasteiger partial charge in [-0.15, -0.1) is 0 Å². The number of benzene rings is 2. The Hall–Kier alpha value is -2.93. The minimum atomic E-state index is -0.494. The van der Waals surface area contributed by atoms with Gasteiger partial charge in [0.2, 0.25) is 5.75 Å². The molecule has 0 fully saturated rings. The van der Waals surface area contributed by atoms with Crippen LogP contribution in [-0.4, -0.2) is 33.6 Å². The zero-order chi connectivity index (χ0) is 18.2. The van der Waals surface area contributed by atoms with E-state index in [-0.39, 0.29) is 0 Å². The Morgan fingerprint density at radius 1 is 1.08 bits per heavy atom. The van der Waals surface area contributed by atoms with E-state index in [0.717, 1.165) is 0 Å². The summed E-state index contributed by atoms with van der Waals surface area (Å²) < 4.78 is 15.8. The van der Waals surface area contributed by atoms with Gasteiger partial charge in [0.05, 0.1) is 27.5 Å². The number of nitrogens with one attached hydrogen (secondary N) is 2. The number of urea groups is 1. The molecule has 0 saturated carbocycles. The standard InChI is InChI=1S/C17H18ClN3O4/c1-23-14-7-11(8-15(24-2)16(14)25-3)10-19-21-17(22)20-13-6-4-5-12(18)9-13/h4-10H,1-3H3,(H2,20,21,22)/b19-10-. The third-order valence-corrected chi connectivity index (χ3v) is 3.38. The largest absolute Gasteiger partial charge is 0.493 e. The van der Waals surface area contributed by atoms with E-state index in [1.807, 2.05) is 0 Å². The molecule has 0 heterocycles. The van der Waals surface area contributed by atoms with Gasteiger partial charge < -0.3 is 19.5 Å². The first-order chi connectivity index (χ1) is 12.1. The van der Waals surface area contributed by atoms with Gasteiger partial charge in [0.25, 0.3) is 0 Å². The number of carbonyl (C=O) groups is 1. The van der Waals surface area contributed by atoms with E-state index < -0.39 is 6.03 Å². The van der Waals surface area contributed by atoms with E-state index in [4.69, 9.17) is 25.8 Å². The predicted molar refractivity (Wildman–Crippen MR) is 97.3 cm³/mol. The fourth-order valence-electron chi connectivity index (χ4n) is 2.07. The van der Waals surface area contributed by atoms with Gasteiger partial charge in [-0.25, -0.2) is 10.2 Å². The Kier molecular flexibility index (Phi) is 6.47. The van der Waals surface area contributed by atoms with Gasteiger partial charge in [0.1, 0.15) is 0 Å². The number of nitrogens with zero attached hydrogens (tertiary/aromatic N) is 1. The van der Waals surface area contributed by atoms with Gasteiger partial charge >= 0.3 is 6.03 Å². The molecule has 0 aliphatic heterocycles. The van der Waals surface area contributed by atoms with Crippen molar-refractivity contribution >= 4 is 29.5 Å². The van der Waals surface area contributed by atoms with Gasteiger partial charge in [0, 0.05) is 16.3 Å². The molecule has 0 aliphatic carbocycles. The molecule has 2 aromatic rings. The highest BCUT2D eigenvalue weighted by atomic mass is 35.5. The lowest BCUT2D eigenvalue weighted by Gasteiger charge is -2.12. The van der Waals surface area contributed by atoms with Crippen molar-refractivity contribution in [2.45, 2.75) is 0 Å². The van der Waals surface area contributed by atoms with Crippen molar-refractivity contribution in [2.24, 2.45) is 5.10 Å². The molecule has 0 spiro atoms. The van der Waals surface area contributed by atoms with E-state index in [1.165, 1.54) is 27.5 Å². The van der Waals surface area contributed by atoms with Crippen LogP contribution < -0.4 is 25.0 Å². The molecule has 2 amide bonds. The lowest BCUT2D eigenvalue weighted by molar-refractivity contribution is 0.252. The minimum Gasteiger partial charge on any atom is -0.493 e. The summed E-state index contributed by atoms with van der Waals surface area (Å²) in [7, 11) is 4.57. The molecule has 2 aromatic carbocycles. The Morgan fingerprint density at radius 2 is 1.76 bits per heavy atom. The quantitative estimate of drug-likeness (QED) is 0.607. The zero-order valence-corrected chi connectivity index (χ0v) is 14.8. The maximum Gasteiger partial charge on any atom is 0.339 e. The van der Waals surface area contributed by atoms with Crippen LogP contribution in [0.25, 0.3) is 0 Å². The maximum atomic E-state index is 11.8. The Balaban J connectivity index is 2.05. The van der Waals surface area contributed by atoms with E-state index in [9.17, 15) is 4.79 Å². The van der Waals surface area contributed by atoms with Crippen LogP contribution in [0.3, 0.4) is 0 Å². The number of halogens is 1. The Labute approximate surface area is 150 Å². The molecular weight excluding hydrogens is 346 g/mol. The molecule has 2 rings (SSSR count). The number of rotatable bonds is 6. The summed E-state index contributed by atoms with van der Waals surface area (Å²) in [4.78, 5) is 11.8. The van der Waals surface area contributed by atoms with Crippen molar-refractivity contribution in [3.63, 3.8) is 0 Å². The summed E-state index contributed by atoms with van der Waals surface area (Å²) in [5, 5.41) is 7.04. The van der Waals surface area contributed by atoms with Crippen molar-refractivity contribution in [1.29, 1.82) is 0 Å². The fourth-order valence-corrected chi connectivity index (χ4v) is 2.26. The number of hydrazone groups is 1. The normalized spacial score (nSPS) is 10.4. The number of carbonyl (C=O) groups excluding carboxylic acids is 1. The molecule has 2 N–H and O–H groups in total. The van der Waals surface area contributed by atoms with Crippen molar-refractivity contribution in [2.75, 3.05) is 26.6 Å². The van der Waals surface area contributed by atoms with Gasteiger partial charge in [-0.1, -0.05) is 17.7 Å². The van der Waals surface area contributed by atoms with Crippen molar-refractivity contribution in [3.8, 4) is 17.2 Å². The summed E-state index contributed by atoms with van der Waals surface area (Å²) in [5.41, 5.74) is 3.59. The smallest absolute Gasteiger partial charge is 0.339 e. The first-order valence-electron chi connectivity index (χ1n) is 7.23. The molecular formula is C17H18ClN3O4. The van der Waals surface area contributed by atoms with Gasteiger partial charge in [0.15, 0.2) is 11.5 Å². The van der Waals surface area contributed by atoms with Crippen molar-refractivity contribution in [1.82, 2.24) is 5.43 Å². The minimum absolute atomic E-state index is 0.480. The monoisotopic (exact) mass is 363 g/mol. The molecule has 8 heteroatoms. The van der Waals surface area contributed by atoms with E-state index >= 15 is 0 Å². The molecule has 0 aromatic heterocycles. The second kappa shape index (κ2) is 8.79. The average molecular weight is 364 g/mol. The lowest BCUT2D eigenvalue weighted by atomic mass is 10.2. The van der Waals surface area contributed by atoms with Crippen LogP contribution in [0.5, 0.6) is 17.2 Å². The summed E-state index contributed by atoms with van der Waals surface area (Å²) in [6, 6.07) is 9.72. The van der Waals surface area contributed by atoms with Crippen LogP contribution in [0.4, 0.5) is 10.5 Å². The molecule has 0 unspecified atom stereocenters. The molecule has 0 saturated heterocycles. The Bertz CT molecular complexity index is 755. The number of hydrogen-bond donors (Lipinski definition) is 2. The van der Waals surface area contributed by atoms with Crippen LogP contribution in [0.15, 0.2) is 41.5 Å². The number of anilines is 1. The molecule has 0 radical (unpaired) electrons. The van der Waals surface area contributed by atoms with Crippen LogP contribution in [0.2, 0.25) is 5.02 Å². The van der Waals surface area contributed by atoms with Gasteiger partial charge in [-0.05, 0) is 30.3 Å². The molecule has 132 valence electrons. The third kappa shape index (κ3) is 5.02. The average Bonchev–Trinajstić information content (AvgIpc) is 2.60. The highest BCUT2D eigenvalue weighted by molar-refractivity contribution is 6.30. The predicted octanol–water partition coefficient (Wildman–Crippen LogP) is 3.52. The number of methoxy groups -OCH3 is 3. The van der Waals surface area contributed by atoms with Crippen molar-refractivity contribution in [3.05, 3.63) is 47.0 Å². The molecule has 7 nitrogen and oxygen atoms in total. The Morgan fingerprint density at radius 3 is 2.32 bits per heavy atom. The van der Waals surface area contributed by atoms with E-state index in [0.29, 0.717) is 33.5 Å². The molecule has 0 bridgehead atoms. The second-order valence-electron chi connectivity index (χ2n) is 4.79. The van der Waals surface area contributed by atoms with Crippen LogP contribution >= 0.6 is 11.6 Å². The highest BCUT2D eigenvalue weighted by Gasteiger charge is 2.12. The summed E-state index contributed by atoms with van der Waals surface area (Å²) >= 11 is 5.86. The molecule has 0 aliphatic rings. The SMILES string of the molecule is COc1cc(/C=N\NC(=O)Nc2cccc(Cl)c2)cc(OC)c1OC. The topological polar surface area (TPSA) is 81.2 Å². The number of amides is 2. The van der Waals surface area contributed by atoms with E-state index in [1.54, 1.807) is 36.4 Å². The first kappa shape index (κ1) is 18.4. The first-order valence-corrected chi connectivity index (χ1v) is 7.60. The fraction of sp³-hybridized carbons (Fsp3) is 0.176. The maximum absolute atomic E-state index is 11.8. The third-order valence-electron chi connectivity index (χ3n) is 3.15. The molecule has 0 atom stereocenters. The van der Waals surface area contributed by atoms with Crippen LogP contribution in [0.1, 0.15) is 5.56 Å².